The molecule has 1 saturated heterocycles. The molecule has 0 bridgehead atoms. The van der Waals surface area contributed by atoms with E-state index in [2.05, 4.69) is 9.88 Å². The van der Waals surface area contributed by atoms with Crippen molar-refractivity contribution < 1.29 is 9.53 Å². The van der Waals surface area contributed by atoms with Crippen LogP contribution in [-0.4, -0.2) is 61.2 Å². The van der Waals surface area contributed by atoms with Crippen molar-refractivity contribution in [3.8, 4) is 0 Å². The van der Waals surface area contributed by atoms with Crippen LogP contribution in [0.1, 0.15) is 21.6 Å². The van der Waals surface area contributed by atoms with Crippen LogP contribution in [0.3, 0.4) is 0 Å². The first kappa shape index (κ1) is 16.8. The van der Waals surface area contributed by atoms with Gasteiger partial charge in [0.1, 0.15) is 0 Å². The van der Waals surface area contributed by atoms with Gasteiger partial charge in [0.15, 0.2) is 0 Å². The highest BCUT2D eigenvalue weighted by Gasteiger charge is 2.27. The van der Waals surface area contributed by atoms with Crippen molar-refractivity contribution in [2.75, 3.05) is 50.2 Å². The molecule has 7 heteroatoms. The SMILES string of the molecule is CN(C)c1ccc(C(=O)N2Cc3cnc(N4CCOCC4)nc3C2)cc1. The first-order chi connectivity index (χ1) is 12.6. The Morgan fingerprint density at radius 2 is 1.85 bits per heavy atom. The van der Waals surface area contributed by atoms with Crippen LogP contribution in [0.15, 0.2) is 30.5 Å². The molecule has 1 fully saturated rings. The number of hydrogen-bond donors (Lipinski definition) is 0. The molecule has 2 aliphatic heterocycles. The summed E-state index contributed by atoms with van der Waals surface area (Å²) in [4.78, 5) is 28.0. The van der Waals surface area contributed by atoms with Crippen LogP contribution in [0.25, 0.3) is 0 Å². The maximum absolute atomic E-state index is 12.8. The third-order valence-corrected chi connectivity index (χ3v) is 4.86. The van der Waals surface area contributed by atoms with Crippen molar-refractivity contribution >= 4 is 17.5 Å². The van der Waals surface area contributed by atoms with E-state index in [1.165, 1.54) is 0 Å². The van der Waals surface area contributed by atoms with Gasteiger partial charge in [-0.2, -0.15) is 0 Å². The Bertz CT molecular complexity index is 800. The lowest BCUT2D eigenvalue weighted by Crippen LogP contribution is -2.37. The predicted octanol–water partition coefficient (Wildman–Crippen LogP) is 1.54. The standard InChI is InChI=1S/C19H23N5O2/c1-22(2)16-5-3-14(4-6-16)18(25)24-12-15-11-20-19(21-17(15)13-24)23-7-9-26-10-8-23/h3-6,11H,7-10,12-13H2,1-2H3. The van der Waals surface area contributed by atoms with Crippen LogP contribution in [-0.2, 0) is 17.8 Å². The van der Waals surface area contributed by atoms with E-state index in [0.717, 1.165) is 36.0 Å². The number of morpholine rings is 1. The molecule has 2 aliphatic rings. The summed E-state index contributed by atoms with van der Waals surface area (Å²) in [6.45, 7) is 4.11. The van der Waals surface area contributed by atoms with Gasteiger partial charge in [-0.25, -0.2) is 9.97 Å². The van der Waals surface area contributed by atoms with Crippen molar-refractivity contribution in [1.82, 2.24) is 14.9 Å². The molecule has 0 N–H and O–H groups in total. The van der Waals surface area contributed by atoms with Gasteiger partial charge in [-0.15, -0.1) is 0 Å². The van der Waals surface area contributed by atoms with Crippen LogP contribution < -0.4 is 9.80 Å². The van der Waals surface area contributed by atoms with Gasteiger partial charge in [0.25, 0.3) is 5.91 Å². The lowest BCUT2D eigenvalue weighted by molar-refractivity contribution is 0.0750. The van der Waals surface area contributed by atoms with Gasteiger partial charge in [0.2, 0.25) is 5.95 Å². The zero-order chi connectivity index (χ0) is 18.1. The van der Waals surface area contributed by atoms with Crippen molar-refractivity contribution in [3.63, 3.8) is 0 Å². The van der Waals surface area contributed by atoms with E-state index < -0.39 is 0 Å². The fourth-order valence-electron chi connectivity index (χ4n) is 3.29. The maximum atomic E-state index is 12.8. The van der Waals surface area contributed by atoms with E-state index in [1.807, 2.05) is 54.4 Å². The number of amides is 1. The molecule has 0 unspecified atom stereocenters. The Balaban J connectivity index is 1.48. The molecule has 1 aromatic heterocycles. The van der Waals surface area contributed by atoms with Crippen molar-refractivity contribution in [3.05, 3.63) is 47.3 Å². The van der Waals surface area contributed by atoms with Crippen LogP contribution in [0.2, 0.25) is 0 Å². The third kappa shape index (κ3) is 3.22. The van der Waals surface area contributed by atoms with Gasteiger partial charge < -0.3 is 19.4 Å². The van der Waals surface area contributed by atoms with E-state index in [0.29, 0.717) is 31.9 Å². The van der Waals surface area contributed by atoms with E-state index in [9.17, 15) is 4.79 Å². The number of hydrogen-bond acceptors (Lipinski definition) is 6. The first-order valence-electron chi connectivity index (χ1n) is 8.86. The zero-order valence-corrected chi connectivity index (χ0v) is 15.2. The molecule has 2 aromatic rings. The summed E-state index contributed by atoms with van der Waals surface area (Å²) in [5.74, 6) is 0.762. The fourth-order valence-corrected chi connectivity index (χ4v) is 3.29. The molecule has 1 amide bonds. The molecule has 7 nitrogen and oxygen atoms in total. The fraction of sp³-hybridized carbons (Fsp3) is 0.421. The number of fused-ring (bicyclic) bond motifs is 1. The second kappa shape index (κ2) is 6.92. The summed E-state index contributed by atoms with van der Waals surface area (Å²) in [6, 6.07) is 7.69. The topological polar surface area (TPSA) is 61.8 Å². The summed E-state index contributed by atoms with van der Waals surface area (Å²) in [5, 5.41) is 0. The molecule has 3 heterocycles. The second-order valence-corrected chi connectivity index (χ2v) is 6.84. The second-order valence-electron chi connectivity index (χ2n) is 6.84. The predicted molar refractivity (Wildman–Crippen MR) is 99.4 cm³/mol. The Morgan fingerprint density at radius 3 is 2.54 bits per heavy atom. The molecule has 0 aliphatic carbocycles. The van der Waals surface area contributed by atoms with Crippen LogP contribution in [0.4, 0.5) is 11.6 Å². The quantitative estimate of drug-likeness (QED) is 0.834. The van der Waals surface area contributed by atoms with Gasteiger partial charge in [-0.3, -0.25) is 4.79 Å². The van der Waals surface area contributed by atoms with Gasteiger partial charge >= 0.3 is 0 Å². The van der Waals surface area contributed by atoms with E-state index in [1.54, 1.807) is 0 Å². The monoisotopic (exact) mass is 353 g/mol. The maximum Gasteiger partial charge on any atom is 0.254 e. The number of carbonyl (C=O) groups excluding carboxylic acids is 1. The normalized spacial score (nSPS) is 16.5. The van der Waals surface area contributed by atoms with E-state index >= 15 is 0 Å². The summed E-state index contributed by atoms with van der Waals surface area (Å²) in [7, 11) is 3.97. The summed E-state index contributed by atoms with van der Waals surface area (Å²) < 4.78 is 5.38. The number of aromatic nitrogens is 2. The molecule has 0 spiro atoms. The van der Waals surface area contributed by atoms with Crippen molar-refractivity contribution in [2.24, 2.45) is 0 Å². The Labute approximate surface area is 153 Å². The number of benzene rings is 1. The zero-order valence-electron chi connectivity index (χ0n) is 15.2. The molecule has 4 rings (SSSR count). The van der Waals surface area contributed by atoms with Crippen molar-refractivity contribution in [1.29, 1.82) is 0 Å². The average molecular weight is 353 g/mol. The lowest BCUT2D eigenvalue weighted by Gasteiger charge is -2.26. The lowest BCUT2D eigenvalue weighted by atomic mass is 10.2. The molecule has 0 atom stereocenters. The molecular weight excluding hydrogens is 330 g/mol. The van der Waals surface area contributed by atoms with Crippen LogP contribution in [0.5, 0.6) is 0 Å². The smallest absolute Gasteiger partial charge is 0.254 e. The number of anilines is 2. The van der Waals surface area contributed by atoms with Gasteiger partial charge in [0.05, 0.1) is 25.5 Å². The molecule has 136 valence electrons. The summed E-state index contributed by atoms with van der Waals surface area (Å²) >= 11 is 0. The minimum Gasteiger partial charge on any atom is -0.378 e. The van der Waals surface area contributed by atoms with E-state index in [-0.39, 0.29) is 5.91 Å². The van der Waals surface area contributed by atoms with Gasteiger partial charge in [0, 0.05) is 56.7 Å². The van der Waals surface area contributed by atoms with Crippen molar-refractivity contribution in [2.45, 2.75) is 13.1 Å². The largest absolute Gasteiger partial charge is 0.378 e. The average Bonchev–Trinajstić information content (AvgIpc) is 3.11. The number of ether oxygens (including phenoxy) is 1. The summed E-state index contributed by atoms with van der Waals surface area (Å²) in [6.07, 6.45) is 1.86. The van der Waals surface area contributed by atoms with Crippen LogP contribution >= 0.6 is 0 Å². The molecule has 1 aromatic carbocycles. The minimum absolute atomic E-state index is 0.0289. The Kier molecular flexibility index (Phi) is 4.46. The number of nitrogens with zero attached hydrogens (tertiary/aromatic N) is 5. The summed E-state index contributed by atoms with van der Waals surface area (Å²) in [5.41, 5.74) is 3.75. The van der Waals surface area contributed by atoms with E-state index in [4.69, 9.17) is 9.72 Å². The first-order valence-corrected chi connectivity index (χ1v) is 8.86. The Hall–Kier alpha value is -2.67. The molecular formula is C19H23N5O2. The highest BCUT2D eigenvalue weighted by atomic mass is 16.5. The highest BCUT2D eigenvalue weighted by Crippen LogP contribution is 2.25. The molecule has 0 radical (unpaired) electrons. The minimum atomic E-state index is 0.0289. The molecule has 0 saturated carbocycles. The van der Waals surface area contributed by atoms with Crippen LogP contribution in [0, 0.1) is 0 Å². The number of carbonyl (C=O) groups is 1. The Morgan fingerprint density at radius 1 is 1.12 bits per heavy atom. The van der Waals surface area contributed by atoms with Gasteiger partial charge in [-0.05, 0) is 24.3 Å². The third-order valence-electron chi connectivity index (χ3n) is 4.86. The highest BCUT2D eigenvalue weighted by molar-refractivity contribution is 5.94. The van der Waals surface area contributed by atoms with Gasteiger partial charge in [-0.1, -0.05) is 0 Å². The number of rotatable bonds is 3. The molecule has 26 heavy (non-hydrogen) atoms.